The van der Waals surface area contributed by atoms with E-state index in [0.717, 1.165) is 0 Å². The summed E-state index contributed by atoms with van der Waals surface area (Å²) in [5, 5.41) is 4.35. The van der Waals surface area contributed by atoms with Crippen LogP contribution in [0.15, 0.2) is 65.6 Å². The van der Waals surface area contributed by atoms with E-state index in [-0.39, 0.29) is 23.4 Å². The van der Waals surface area contributed by atoms with Crippen molar-refractivity contribution in [2.45, 2.75) is 0 Å². The third kappa shape index (κ3) is 4.69. The van der Waals surface area contributed by atoms with Crippen LogP contribution in [0.1, 0.15) is 0 Å². The van der Waals surface area contributed by atoms with Crippen molar-refractivity contribution in [3.05, 3.63) is 82.0 Å². The third-order valence-electron chi connectivity index (χ3n) is 5.05. The highest BCUT2D eigenvalue weighted by atomic mass is 35.5. The first-order valence-electron chi connectivity index (χ1n) is 9.77. The van der Waals surface area contributed by atoms with Crippen molar-refractivity contribution in [2.24, 2.45) is 0 Å². The fraction of sp³-hybridized carbons (Fsp3) is 0.227. The van der Waals surface area contributed by atoms with E-state index in [9.17, 15) is 14.0 Å². The first kappa shape index (κ1) is 20.9. The molecule has 3 aromatic rings. The van der Waals surface area contributed by atoms with Crippen molar-refractivity contribution in [1.82, 2.24) is 14.7 Å². The van der Waals surface area contributed by atoms with Crippen molar-refractivity contribution < 1.29 is 13.9 Å². The molecule has 0 N–H and O–H groups in total. The highest BCUT2D eigenvalue weighted by molar-refractivity contribution is 6.33. The molecular weight excluding hydrogens is 423 g/mol. The van der Waals surface area contributed by atoms with E-state index in [1.165, 1.54) is 28.9 Å². The Morgan fingerprint density at radius 3 is 2.39 bits per heavy atom. The van der Waals surface area contributed by atoms with Gasteiger partial charge in [0.25, 0.3) is 11.5 Å². The molecule has 1 saturated heterocycles. The van der Waals surface area contributed by atoms with Gasteiger partial charge in [-0.25, -0.2) is 4.39 Å². The second-order valence-electron chi connectivity index (χ2n) is 7.01. The first-order valence-corrected chi connectivity index (χ1v) is 10.1. The number of nitrogens with zero attached hydrogens (tertiary/aromatic N) is 4. The fourth-order valence-corrected chi connectivity index (χ4v) is 3.61. The molecule has 0 saturated carbocycles. The topological polar surface area (TPSA) is 67.7 Å². The minimum absolute atomic E-state index is 0.0956. The minimum atomic E-state index is -0.392. The first-order chi connectivity index (χ1) is 15.0. The molecule has 0 spiro atoms. The number of amides is 1. The molecule has 0 unspecified atom stereocenters. The van der Waals surface area contributed by atoms with E-state index in [0.29, 0.717) is 43.3 Å². The summed E-state index contributed by atoms with van der Waals surface area (Å²) in [5.41, 5.74) is 0.794. The second-order valence-corrected chi connectivity index (χ2v) is 7.38. The zero-order valence-electron chi connectivity index (χ0n) is 16.6. The Labute approximate surface area is 183 Å². The number of hydrogen-bond acceptors (Lipinski definition) is 5. The molecule has 0 bridgehead atoms. The lowest BCUT2D eigenvalue weighted by molar-refractivity contribution is -0.133. The smallest absolute Gasteiger partial charge is 0.292 e. The van der Waals surface area contributed by atoms with Crippen LogP contribution in [-0.4, -0.2) is 53.4 Å². The Hall–Kier alpha value is -3.39. The summed E-state index contributed by atoms with van der Waals surface area (Å²) in [4.78, 5) is 28.7. The van der Waals surface area contributed by atoms with E-state index in [1.54, 1.807) is 23.2 Å². The van der Waals surface area contributed by atoms with Crippen LogP contribution in [0.5, 0.6) is 5.75 Å². The van der Waals surface area contributed by atoms with E-state index in [2.05, 4.69) is 5.10 Å². The lowest BCUT2D eigenvalue weighted by atomic mass is 10.2. The van der Waals surface area contributed by atoms with Crippen LogP contribution in [0.25, 0.3) is 5.69 Å². The van der Waals surface area contributed by atoms with Gasteiger partial charge in [-0.1, -0.05) is 29.8 Å². The van der Waals surface area contributed by atoms with Crippen LogP contribution >= 0.6 is 11.6 Å². The van der Waals surface area contributed by atoms with Gasteiger partial charge < -0.3 is 14.5 Å². The number of piperazine rings is 1. The number of aromatic nitrogens is 2. The zero-order chi connectivity index (χ0) is 21.8. The van der Waals surface area contributed by atoms with Gasteiger partial charge >= 0.3 is 0 Å². The Morgan fingerprint density at radius 2 is 1.71 bits per heavy atom. The molecule has 1 aromatic heterocycles. The molecule has 1 fully saturated rings. The number of benzene rings is 2. The van der Waals surface area contributed by atoms with Gasteiger partial charge in [0.2, 0.25) is 0 Å². The van der Waals surface area contributed by atoms with E-state index in [4.69, 9.17) is 16.3 Å². The van der Waals surface area contributed by atoms with Gasteiger partial charge in [0.15, 0.2) is 6.61 Å². The van der Waals surface area contributed by atoms with Gasteiger partial charge in [0.05, 0.1) is 17.6 Å². The quantitative estimate of drug-likeness (QED) is 0.608. The summed E-state index contributed by atoms with van der Waals surface area (Å²) in [6, 6.07) is 14.6. The number of carbonyl (C=O) groups is 1. The monoisotopic (exact) mass is 442 g/mol. The molecule has 1 aliphatic heterocycles. The number of halogens is 2. The molecule has 0 atom stereocenters. The summed E-state index contributed by atoms with van der Waals surface area (Å²) in [6.45, 7) is 1.82. The van der Waals surface area contributed by atoms with Crippen molar-refractivity contribution in [1.29, 1.82) is 0 Å². The summed E-state index contributed by atoms with van der Waals surface area (Å²) >= 11 is 6.37. The van der Waals surface area contributed by atoms with E-state index < -0.39 is 5.56 Å². The average Bonchev–Trinajstić information content (AvgIpc) is 2.81. The second kappa shape index (κ2) is 9.18. The average molecular weight is 443 g/mol. The number of hydrogen-bond donors (Lipinski definition) is 0. The third-order valence-corrected chi connectivity index (χ3v) is 5.41. The normalized spacial score (nSPS) is 13.9. The molecule has 4 rings (SSSR count). The maximum absolute atomic E-state index is 12.9. The van der Waals surface area contributed by atoms with Crippen LogP contribution in [0.3, 0.4) is 0 Å². The lowest BCUT2D eigenvalue weighted by Gasteiger charge is -2.36. The van der Waals surface area contributed by atoms with Crippen molar-refractivity contribution in [2.75, 3.05) is 37.7 Å². The summed E-state index contributed by atoms with van der Waals surface area (Å²) < 4.78 is 19.6. The highest BCUT2D eigenvalue weighted by Crippen LogP contribution is 2.23. The summed E-state index contributed by atoms with van der Waals surface area (Å²) in [5.74, 6) is -0.0858. The predicted octanol–water partition coefficient (Wildman–Crippen LogP) is 2.75. The van der Waals surface area contributed by atoms with Gasteiger partial charge in [-0.15, -0.1) is 0 Å². The van der Waals surface area contributed by atoms with Gasteiger partial charge in [-0.3, -0.25) is 9.59 Å². The predicted molar refractivity (Wildman–Crippen MR) is 116 cm³/mol. The zero-order valence-corrected chi connectivity index (χ0v) is 17.3. The van der Waals surface area contributed by atoms with Gasteiger partial charge in [0, 0.05) is 26.2 Å². The van der Waals surface area contributed by atoms with Crippen LogP contribution in [0.2, 0.25) is 5.02 Å². The largest absolute Gasteiger partial charge is 0.484 e. The molecule has 7 nitrogen and oxygen atoms in total. The van der Waals surface area contributed by atoms with Crippen molar-refractivity contribution in [3.8, 4) is 11.4 Å². The number of ether oxygens (including phenoxy) is 1. The SMILES string of the molecule is O=C(COc1ccc(F)cc1)N1CCN(c2cnn(-c3ccccc3)c(=O)c2Cl)CC1. The maximum Gasteiger partial charge on any atom is 0.292 e. The Morgan fingerprint density at radius 1 is 1.03 bits per heavy atom. The molecule has 0 aliphatic carbocycles. The highest BCUT2D eigenvalue weighted by Gasteiger charge is 2.24. The van der Waals surface area contributed by atoms with Crippen LogP contribution in [0, 0.1) is 5.82 Å². The number of carbonyl (C=O) groups excluding carboxylic acids is 1. The van der Waals surface area contributed by atoms with Gasteiger partial charge in [0.1, 0.15) is 16.6 Å². The molecule has 9 heteroatoms. The van der Waals surface area contributed by atoms with E-state index in [1.807, 2.05) is 23.1 Å². The molecule has 2 heterocycles. The standard InChI is InChI=1S/C22H20ClFN4O3/c23-21-19(14-25-28(22(21)30)17-4-2-1-3-5-17)26-10-12-27(13-11-26)20(29)15-31-18-8-6-16(24)7-9-18/h1-9,14H,10-13,15H2. The lowest BCUT2D eigenvalue weighted by Crippen LogP contribution is -2.50. The van der Waals surface area contributed by atoms with Crippen molar-refractivity contribution in [3.63, 3.8) is 0 Å². The molecule has 160 valence electrons. The van der Waals surface area contributed by atoms with Crippen LogP contribution in [0.4, 0.5) is 10.1 Å². The minimum Gasteiger partial charge on any atom is -0.484 e. The molecule has 0 radical (unpaired) electrons. The number of anilines is 1. The molecule has 1 aliphatic rings. The molecule has 2 aromatic carbocycles. The van der Waals surface area contributed by atoms with Crippen LogP contribution in [-0.2, 0) is 4.79 Å². The number of rotatable bonds is 5. The Balaban J connectivity index is 1.37. The van der Waals surface area contributed by atoms with Gasteiger partial charge in [-0.05, 0) is 36.4 Å². The Bertz CT molecular complexity index is 1110. The maximum atomic E-state index is 12.9. The summed E-state index contributed by atoms with van der Waals surface area (Å²) in [6.07, 6.45) is 1.58. The fourth-order valence-electron chi connectivity index (χ4n) is 3.36. The molecule has 31 heavy (non-hydrogen) atoms. The van der Waals surface area contributed by atoms with Crippen LogP contribution < -0.4 is 15.2 Å². The van der Waals surface area contributed by atoms with Gasteiger partial charge in [-0.2, -0.15) is 9.78 Å². The van der Waals surface area contributed by atoms with E-state index >= 15 is 0 Å². The number of para-hydroxylation sites is 1. The van der Waals surface area contributed by atoms with Crippen molar-refractivity contribution >= 4 is 23.2 Å². The molecular formula is C22H20ClFN4O3. The molecule has 1 amide bonds. The Kier molecular flexibility index (Phi) is 6.18. The summed E-state index contributed by atoms with van der Waals surface area (Å²) in [7, 11) is 0.